The van der Waals surface area contributed by atoms with Gasteiger partial charge in [-0.2, -0.15) is 0 Å². The van der Waals surface area contributed by atoms with Gasteiger partial charge in [0.1, 0.15) is 5.82 Å². The maximum atomic E-state index is 12.8. The molecule has 0 heterocycles. The monoisotopic (exact) mass is 256 g/mol. The lowest BCUT2D eigenvalue weighted by Crippen LogP contribution is -2.02. The summed E-state index contributed by atoms with van der Waals surface area (Å²) in [6.45, 7) is 0. The molecule has 1 aliphatic carbocycles. The molecule has 2 aromatic carbocycles. The van der Waals surface area contributed by atoms with E-state index in [1.54, 1.807) is 12.1 Å². The van der Waals surface area contributed by atoms with Crippen LogP contribution in [-0.4, -0.2) is 5.11 Å². The van der Waals surface area contributed by atoms with E-state index in [9.17, 15) is 9.50 Å². The van der Waals surface area contributed by atoms with Gasteiger partial charge < -0.3 is 5.11 Å². The number of hydrogen-bond donors (Lipinski definition) is 1. The van der Waals surface area contributed by atoms with Crippen molar-refractivity contribution < 1.29 is 9.50 Å². The maximum Gasteiger partial charge on any atom is 0.123 e. The molecule has 0 bridgehead atoms. The zero-order chi connectivity index (χ0) is 13.2. The van der Waals surface area contributed by atoms with Gasteiger partial charge in [-0.05, 0) is 47.6 Å². The number of benzene rings is 2. The van der Waals surface area contributed by atoms with E-state index in [1.807, 2.05) is 12.1 Å². The Bertz CT molecular complexity index is 558. The molecule has 1 nitrogen and oxygen atoms in total. The molecule has 0 spiro atoms. The Morgan fingerprint density at radius 3 is 2.53 bits per heavy atom. The van der Waals surface area contributed by atoms with Crippen molar-refractivity contribution in [2.45, 2.75) is 31.3 Å². The fourth-order valence-corrected chi connectivity index (χ4v) is 2.40. The van der Waals surface area contributed by atoms with Gasteiger partial charge in [-0.25, -0.2) is 4.39 Å². The average molecular weight is 256 g/mol. The number of hydrogen-bond acceptors (Lipinski definition) is 1. The first-order valence-electron chi connectivity index (χ1n) is 6.75. The fourth-order valence-electron chi connectivity index (χ4n) is 2.40. The van der Waals surface area contributed by atoms with Crippen LogP contribution in [0.15, 0.2) is 48.5 Å². The highest BCUT2D eigenvalue weighted by molar-refractivity contribution is 5.31. The standard InChI is InChI=1S/C17H17FO/c18-16-8-4-12(5-9-16)10-17(19)15-3-1-2-14(11-15)13-6-7-13/h1-5,8-9,11,13,17,19H,6-7,10H2. The molecule has 1 saturated carbocycles. The Labute approximate surface area is 112 Å². The van der Waals surface area contributed by atoms with E-state index >= 15 is 0 Å². The van der Waals surface area contributed by atoms with E-state index in [-0.39, 0.29) is 5.82 Å². The van der Waals surface area contributed by atoms with E-state index in [4.69, 9.17) is 0 Å². The Morgan fingerprint density at radius 2 is 1.84 bits per heavy atom. The molecule has 1 aliphatic rings. The van der Waals surface area contributed by atoms with E-state index < -0.39 is 6.10 Å². The third-order valence-electron chi connectivity index (χ3n) is 3.69. The smallest absolute Gasteiger partial charge is 0.123 e. The van der Waals surface area contributed by atoms with Crippen LogP contribution >= 0.6 is 0 Å². The first kappa shape index (κ1) is 12.4. The largest absolute Gasteiger partial charge is 0.388 e. The van der Waals surface area contributed by atoms with E-state index in [2.05, 4.69) is 12.1 Å². The molecule has 1 N–H and O–H groups in total. The minimum Gasteiger partial charge on any atom is -0.388 e. The first-order valence-corrected chi connectivity index (χ1v) is 6.75. The van der Waals surface area contributed by atoms with Crippen molar-refractivity contribution in [1.82, 2.24) is 0 Å². The molecule has 19 heavy (non-hydrogen) atoms. The Hall–Kier alpha value is -1.67. The van der Waals surface area contributed by atoms with Gasteiger partial charge in [0.05, 0.1) is 6.10 Å². The van der Waals surface area contributed by atoms with Crippen molar-refractivity contribution in [3.8, 4) is 0 Å². The van der Waals surface area contributed by atoms with Crippen molar-refractivity contribution in [1.29, 1.82) is 0 Å². The fraction of sp³-hybridized carbons (Fsp3) is 0.294. The molecule has 98 valence electrons. The number of aliphatic hydroxyl groups excluding tert-OH is 1. The second-order valence-electron chi connectivity index (χ2n) is 5.29. The minimum absolute atomic E-state index is 0.242. The van der Waals surface area contributed by atoms with Gasteiger partial charge in [-0.1, -0.05) is 36.4 Å². The second-order valence-corrected chi connectivity index (χ2v) is 5.29. The number of rotatable bonds is 4. The van der Waals surface area contributed by atoms with Gasteiger partial charge in [-0.15, -0.1) is 0 Å². The van der Waals surface area contributed by atoms with Crippen molar-refractivity contribution in [2.24, 2.45) is 0 Å². The molecule has 0 aromatic heterocycles. The topological polar surface area (TPSA) is 20.2 Å². The van der Waals surface area contributed by atoms with Gasteiger partial charge in [0.15, 0.2) is 0 Å². The summed E-state index contributed by atoms with van der Waals surface area (Å²) in [4.78, 5) is 0. The second kappa shape index (κ2) is 5.14. The molecule has 3 rings (SSSR count). The zero-order valence-corrected chi connectivity index (χ0v) is 10.7. The van der Waals surface area contributed by atoms with Gasteiger partial charge in [-0.3, -0.25) is 0 Å². The summed E-state index contributed by atoms with van der Waals surface area (Å²) in [5.41, 5.74) is 3.23. The summed E-state index contributed by atoms with van der Waals surface area (Å²) in [6, 6.07) is 14.5. The van der Waals surface area contributed by atoms with Gasteiger partial charge in [0.2, 0.25) is 0 Å². The van der Waals surface area contributed by atoms with Crippen LogP contribution in [-0.2, 0) is 6.42 Å². The number of aliphatic hydroxyl groups is 1. The lowest BCUT2D eigenvalue weighted by Gasteiger charge is -2.12. The van der Waals surface area contributed by atoms with Gasteiger partial charge in [0, 0.05) is 6.42 Å². The molecule has 0 aliphatic heterocycles. The molecule has 1 unspecified atom stereocenters. The van der Waals surface area contributed by atoms with Crippen LogP contribution in [0.25, 0.3) is 0 Å². The molecular weight excluding hydrogens is 239 g/mol. The molecule has 0 saturated heterocycles. The Balaban J connectivity index is 1.74. The molecule has 0 radical (unpaired) electrons. The summed E-state index contributed by atoms with van der Waals surface area (Å²) in [5.74, 6) is 0.451. The highest BCUT2D eigenvalue weighted by Crippen LogP contribution is 2.40. The molecule has 2 aromatic rings. The minimum atomic E-state index is -0.524. The lowest BCUT2D eigenvalue weighted by molar-refractivity contribution is 0.178. The predicted molar refractivity (Wildman–Crippen MR) is 73.5 cm³/mol. The van der Waals surface area contributed by atoms with Crippen LogP contribution in [0.2, 0.25) is 0 Å². The van der Waals surface area contributed by atoms with Crippen molar-refractivity contribution in [3.63, 3.8) is 0 Å². The van der Waals surface area contributed by atoms with E-state index in [1.165, 1.54) is 30.5 Å². The van der Waals surface area contributed by atoms with Gasteiger partial charge in [0.25, 0.3) is 0 Å². The average Bonchev–Trinajstić information content (AvgIpc) is 3.26. The van der Waals surface area contributed by atoms with Crippen LogP contribution in [0.1, 0.15) is 41.6 Å². The van der Waals surface area contributed by atoms with Crippen LogP contribution in [0.5, 0.6) is 0 Å². The van der Waals surface area contributed by atoms with Crippen molar-refractivity contribution in [2.75, 3.05) is 0 Å². The summed E-state index contributed by atoms with van der Waals surface area (Å²) in [5, 5.41) is 10.3. The van der Waals surface area contributed by atoms with E-state index in [0.717, 1.165) is 11.1 Å². The summed E-state index contributed by atoms with van der Waals surface area (Å²) in [7, 11) is 0. The lowest BCUT2D eigenvalue weighted by atomic mass is 9.98. The third kappa shape index (κ3) is 3.02. The Morgan fingerprint density at radius 1 is 1.11 bits per heavy atom. The van der Waals surface area contributed by atoms with Gasteiger partial charge >= 0.3 is 0 Å². The third-order valence-corrected chi connectivity index (χ3v) is 3.69. The van der Waals surface area contributed by atoms with Crippen LogP contribution in [0.4, 0.5) is 4.39 Å². The highest BCUT2D eigenvalue weighted by atomic mass is 19.1. The maximum absolute atomic E-state index is 12.8. The summed E-state index contributed by atoms with van der Waals surface area (Å²) < 4.78 is 12.8. The van der Waals surface area contributed by atoms with Crippen molar-refractivity contribution >= 4 is 0 Å². The first-order chi connectivity index (χ1) is 9.22. The molecule has 1 atom stereocenters. The summed E-state index contributed by atoms with van der Waals surface area (Å²) in [6.07, 6.45) is 2.52. The van der Waals surface area contributed by atoms with Crippen molar-refractivity contribution in [3.05, 3.63) is 71.0 Å². The SMILES string of the molecule is OC(Cc1ccc(F)cc1)c1cccc(C2CC2)c1. The predicted octanol–water partition coefficient (Wildman–Crippen LogP) is 3.98. The highest BCUT2D eigenvalue weighted by Gasteiger charge is 2.24. The number of halogens is 1. The molecule has 0 amide bonds. The quantitative estimate of drug-likeness (QED) is 0.877. The molecule has 1 fully saturated rings. The Kier molecular flexibility index (Phi) is 3.34. The van der Waals surface area contributed by atoms with E-state index in [0.29, 0.717) is 12.3 Å². The summed E-state index contributed by atoms with van der Waals surface area (Å²) >= 11 is 0. The molecular formula is C17H17FO. The van der Waals surface area contributed by atoms with Crippen LogP contribution < -0.4 is 0 Å². The zero-order valence-electron chi connectivity index (χ0n) is 10.7. The van der Waals surface area contributed by atoms with Crippen LogP contribution in [0, 0.1) is 5.82 Å². The normalized spacial score (nSPS) is 16.3. The van der Waals surface area contributed by atoms with Crippen LogP contribution in [0.3, 0.4) is 0 Å². The molecule has 2 heteroatoms.